The van der Waals surface area contributed by atoms with Gasteiger partial charge in [-0.25, -0.2) is 0 Å². The second kappa shape index (κ2) is 1.95. The standard InChI is InChI=1S/C7H5N2Si/c10-9-7-4-2-1-3-6(7)5-8-9/h1-5H. The molecule has 47 valence electrons. The average molecular weight is 145 g/mol. The predicted molar refractivity (Wildman–Crippen MR) is 40.9 cm³/mol. The van der Waals surface area contributed by atoms with Crippen molar-refractivity contribution in [1.29, 1.82) is 0 Å². The third-order valence-electron chi connectivity index (χ3n) is 1.48. The number of hydrogen-bond acceptors (Lipinski definition) is 1. The lowest BCUT2D eigenvalue weighted by molar-refractivity contribution is 1.02. The molecule has 0 saturated carbocycles. The normalized spacial score (nSPS) is 10.5. The average Bonchev–Trinajstić information content (AvgIpc) is 2.34. The van der Waals surface area contributed by atoms with Gasteiger partial charge in [-0.15, -0.1) is 0 Å². The van der Waals surface area contributed by atoms with Crippen molar-refractivity contribution < 1.29 is 0 Å². The maximum absolute atomic E-state index is 4.03. The molecule has 2 nitrogen and oxygen atoms in total. The molecule has 0 fully saturated rings. The first-order chi connectivity index (χ1) is 4.88. The van der Waals surface area contributed by atoms with E-state index >= 15 is 0 Å². The van der Waals surface area contributed by atoms with Crippen LogP contribution in [0.25, 0.3) is 10.9 Å². The summed E-state index contributed by atoms with van der Waals surface area (Å²) in [6.45, 7) is 0. The number of nitrogens with zero attached hydrogens (tertiary/aromatic N) is 2. The zero-order valence-corrected chi connectivity index (χ0v) is 6.28. The minimum absolute atomic E-state index is 1.10. The van der Waals surface area contributed by atoms with E-state index in [2.05, 4.69) is 15.5 Å². The molecule has 0 atom stereocenters. The zero-order valence-electron chi connectivity index (χ0n) is 5.28. The van der Waals surface area contributed by atoms with Crippen molar-refractivity contribution in [3.8, 4) is 0 Å². The summed E-state index contributed by atoms with van der Waals surface area (Å²) in [4.78, 5) is 0. The van der Waals surface area contributed by atoms with Gasteiger partial charge in [0, 0.05) is 5.39 Å². The Hall–Kier alpha value is -1.09. The molecule has 0 aliphatic heterocycles. The predicted octanol–water partition coefficient (Wildman–Crippen LogP) is 0.968. The Balaban J connectivity index is 2.93. The van der Waals surface area contributed by atoms with Crippen molar-refractivity contribution in [2.24, 2.45) is 0 Å². The van der Waals surface area contributed by atoms with Gasteiger partial charge in [-0.1, -0.05) is 18.2 Å². The highest BCUT2D eigenvalue weighted by Gasteiger charge is 1.93. The van der Waals surface area contributed by atoms with Gasteiger partial charge >= 0.3 is 0 Å². The SMILES string of the molecule is [Si]n1ncc2ccccc21. The topological polar surface area (TPSA) is 17.8 Å². The fraction of sp³-hybridized carbons (Fsp3) is 0. The van der Waals surface area contributed by atoms with Gasteiger partial charge in [-0.2, -0.15) is 5.10 Å². The second-order valence-electron chi connectivity index (χ2n) is 2.12. The van der Waals surface area contributed by atoms with Crippen LogP contribution < -0.4 is 0 Å². The largest absolute Gasteiger partial charge is 0.297 e. The smallest absolute Gasteiger partial charge is 0.226 e. The quantitative estimate of drug-likeness (QED) is 0.505. The van der Waals surface area contributed by atoms with Gasteiger partial charge in [-0.3, -0.25) is 4.35 Å². The van der Waals surface area contributed by atoms with Crippen molar-refractivity contribution in [3.05, 3.63) is 30.5 Å². The summed E-state index contributed by atoms with van der Waals surface area (Å²) in [6, 6.07) is 8.02. The molecule has 0 bridgehead atoms. The number of benzene rings is 1. The molecule has 0 aliphatic carbocycles. The lowest BCUT2D eigenvalue weighted by Gasteiger charge is -1.89. The van der Waals surface area contributed by atoms with Crippen LogP contribution in [0.2, 0.25) is 0 Å². The third-order valence-corrected chi connectivity index (χ3v) is 1.83. The van der Waals surface area contributed by atoms with E-state index in [4.69, 9.17) is 0 Å². The fourth-order valence-corrected chi connectivity index (χ4v) is 1.23. The monoisotopic (exact) mass is 145 g/mol. The lowest BCUT2D eigenvalue weighted by atomic mass is 10.3. The molecule has 2 aromatic rings. The van der Waals surface area contributed by atoms with E-state index in [0.29, 0.717) is 0 Å². The van der Waals surface area contributed by atoms with Crippen molar-refractivity contribution in [2.75, 3.05) is 0 Å². The molecule has 2 rings (SSSR count). The molecule has 1 aromatic carbocycles. The maximum Gasteiger partial charge on any atom is 0.226 e. The van der Waals surface area contributed by atoms with E-state index in [1.165, 1.54) is 0 Å². The van der Waals surface area contributed by atoms with Gasteiger partial charge in [-0.05, 0) is 6.07 Å². The number of aromatic nitrogens is 2. The molecular formula is C7H5N2Si. The van der Waals surface area contributed by atoms with Crippen LogP contribution in [-0.2, 0) is 0 Å². The van der Waals surface area contributed by atoms with Gasteiger partial charge < -0.3 is 0 Å². The molecule has 1 aromatic heterocycles. The van der Waals surface area contributed by atoms with Crippen LogP contribution in [0.15, 0.2) is 30.5 Å². The molecule has 0 unspecified atom stereocenters. The highest BCUT2D eigenvalue weighted by Crippen LogP contribution is 2.09. The Morgan fingerprint density at radius 2 is 2.10 bits per heavy atom. The molecule has 3 heteroatoms. The van der Waals surface area contributed by atoms with Gasteiger partial charge in [0.1, 0.15) is 0 Å². The summed E-state index contributed by atoms with van der Waals surface area (Å²) in [7, 11) is 3.32. The van der Waals surface area contributed by atoms with Crippen LogP contribution in [0.3, 0.4) is 0 Å². The Kier molecular flexibility index (Phi) is 1.11. The molecule has 0 spiro atoms. The van der Waals surface area contributed by atoms with Crippen LogP contribution in [0.5, 0.6) is 0 Å². The first-order valence-corrected chi connectivity index (χ1v) is 3.47. The van der Waals surface area contributed by atoms with Crippen LogP contribution in [0, 0.1) is 0 Å². The lowest BCUT2D eigenvalue weighted by Crippen LogP contribution is -1.91. The summed E-state index contributed by atoms with van der Waals surface area (Å²) >= 11 is 0. The Morgan fingerprint density at radius 3 is 2.90 bits per heavy atom. The summed E-state index contributed by atoms with van der Waals surface area (Å²) in [5.74, 6) is 0. The van der Waals surface area contributed by atoms with E-state index in [-0.39, 0.29) is 0 Å². The van der Waals surface area contributed by atoms with E-state index in [1.807, 2.05) is 30.5 Å². The van der Waals surface area contributed by atoms with E-state index < -0.39 is 0 Å². The number of fused-ring (bicyclic) bond motifs is 1. The molecule has 0 aliphatic rings. The molecule has 3 radical (unpaired) electrons. The molecule has 10 heavy (non-hydrogen) atoms. The molecule has 1 heterocycles. The maximum atomic E-state index is 4.03. The summed E-state index contributed by atoms with van der Waals surface area (Å²) in [5.41, 5.74) is 1.10. The molecule has 0 saturated heterocycles. The van der Waals surface area contributed by atoms with E-state index in [1.54, 1.807) is 4.35 Å². The molecule has 0 N–H and O–H groups in total. The summed E-state index contributed by atoms with van der Waals surface area (Å²) in [5, 5.41) is 5.18. The Bertz CT molecular complexity index is 353. The number of rotatable bonds is 0. The Morgan fingerprint density at radius 1 is 1.30 bits per heavy atom. The van der Waals surface area contributed by atoms with Gasteiger partial charge in [0.2, 0.25) is 10.4 Å². The number of para-hydroxylation sites is 1. The zero-order chi connectivity index (χ0) is 6.97. The Labute approximate surface area is 62.0 Å². The van der Waals surface area contributed by atoms with E-state index in [0.717, 1.165) is 10.9 Å². The van der Waals surface area contributed by atoms with Crippen molar-refractivity contribution in [3.63, 3.8) is 0 Å². The molecular weight excluding hydrogens is 140 g/mol. The van der Waals surface area contributed by atoms with Gasteiger partial charge in [0.05, 0.1) is 11.7 Å². The highest BCUT2D eigenvalue weighted by atomic mass is 28.2. The second-order valence-corrected chi connectivity index (χ2v) is 2.54. The fourth-order valence-electron chi connectivity index (χ4n) is 0.972. The highest BCUT2D eigenvalue weighted by molar-refractivity contribution is 6.10. The first-order valence-electron chi connectivity index (χ1n) is 3.02. The van der Waals surface area contributed by atoms with Crippen LogP contribution in [0.4, 0.5) is 0 Å². The van der Waals surface area contributed by atoms with E-state index in [9.17, 15) is 0 Å². The minimum atomic E-state index is 1.10. The first kappa shape index (κ1) is 5.67. The summed E-state index contributed by atoms with van der Waals surface area (Å²) in [6.07, 6.45) is 1.82. The van der Waals surface area contributed by atoms with Crippen LogP contribution in [-0.4, -0.2) is 19.9 Å². The van der Waals surface area contributed by atoms with Crippen LogP contribution in [0.1, 0.15) is 0 Å². The van der Waals surface area contributed by atoms with Gasteiger partial charge in [0.25, 0.3) is 0 Å². The van der Waals surface area contributed by atoms with Crippen LogP contribution >= 0.6 is 0 Å². The summed E-state index contributed by atoms with van der Waals surface area (Å²) < 4.78 is 1.68. The van der Waals surface area contributed by atoms with Crippen molar-refractivity contribution in [2.45, 2.75) is 0 Å². The minimum Gasteiger partial charge on any atom is -0.297 e. The number of hydrogen-bond donors (Lipinski definition) is 0. The van der Waals surface area contributed by atoms with Crippen molar-refractivity contribution >= 4 is 21.3 Å². The third kappa shape index (κ3) is 0.674. The molecule has 0 amide bonds. The van der Waals surface area contributed by atoms with Gasteiger partial charge in [0.15, 0.2) is 0 Å². The van der Waals surface area contributed by atoms with Crippen molar-refractivity contribution in [1.82, 2.24) is 9.45 Å².